The van der Waals surface area contributed by atoms with Crippen LogP contribution in [0.2, 0.25) is 0 Å². The number of nitrogens with one attached hydrogen (secondary N) is 1. The van der Waals surface area contributed by atoms with Crippen LogP contribution in [-0.4, -0.2) is 47.0 Å². The van der Waals surface area contributed by atoms with E-state index >= 15 is 0 Å². The van der Waals surface area contributed by atoms with Crippen LogP contribution in [0, 0.1) is 5.82 Å². The molecule has 2 rings (SSSR count). The van der Waals surface area contributed by atoms with Gasteiger partial charge in [-0.15, -0.1) is 0 Å². The number of halogens is 1. The van der Waals surface area contributed by atoms with Crippen LogP contribution >= 0.6 is 0 Å². The lowest BCUT2D eigenvalue weighted by molar-refractivity contribution is 0.0525. The third-order valence-corrected chi connectivity index (χ3v) is 3.68. The normalized spacial score (nSPS) is 12.7. The lowest BCUT2D eigenvalue weighted by Gasteiger charge is -2.21. The Bertz CT molecular complexity index is 777. The molecular formula is C18H24FN3O4. The molecule has 0 aliphatic carbocycles. The molecule has 8 heteroatoms. The van der Waals surface area contributed by atoms with Crippen molar-refractivity contribution in [3.05, 3.63) is 29.7 Å². The van der Waals surface area contributed by atoms with Crippen molar-refractivity contribution in [1.29, 1.82) is 0 Å². The summed E-state index contributed by atoms with van der Waals surface area (Å²) in [6, 6.07) is 3.31. The van der Waals surface area contributed by atoms with E-state index in [4.69, 9.17) is 9.47 Å². The first kappa shape index (κ1) is 19.8. The molecule has 26 heavy (non-hydrogen) atoms. The molecule has 7 nitrogen and oxygen atoms in total. The fourth-order valence-electron chi connectivity index (χ4n) is 2.54. The summed E-state index contributed by atoms with van der Waals surface area (Å²) in [5.74, 6) is -0.792. The number of pyridine rings is 2. The third kappa shape index (κ3) is 5.01. The predicted molar refractivity (Wildman–Crippen MR) is 94.7 cm³/mol. The SMILES string of the molecule is COc1ccc2ncc(F)c(C(CO)CCNC(=O)OC(C)(C)C)c2n1. The first-order valence-corrected chi connectivity index (χ1v) is 8.32. The molecule has 0 bridgehead atoms. The topological polar surface area (TPSA) is 93.6 Å². The molecule has 2 heterocycles. The number of nitrogens with zero attached hydrogens (tertiary/aromatic N) is 2. The smallest absolute Gasteiger partial charge is 0.407 e. The van der Waals surface area contributed by atoms with Gasteiger partial charge in [0.1, 0.15) is 11.4 Å². The van der Waals surface area contributed by atoms with Crippen LogP contribution in [0.1, 0.15) is 38.7 Å². The first-order valence-electron chi connectivity index (χ1n) is 8.32. The zero-order valence-electron chi connectivity index (χ0n) is 15.4. The second kappa shape index (κ2) is 8.27. The highest BCUT2D eigenvalue weighted by Crippen LogP contribution is 2.29. The molecular weight excluding hydrogens is 341 g/mol. The number of hydrogen-bond donors (Lipinski definition) is 2. The maximum absolute atomic E-state index is 14.4. The van der Waals surface area contributed by atoms with Crippen molar-refractivity contribution in [1.82, 2.24) is 15.3 Å². The van der Waals surface area contributed by atoms with Gasteiger partial charge in [-0.1, -0.05) is 0 Å². The quantitative estimate of drug-likeness (QED) is 0.818. The molecule has 2 aromatic heterocycles. The molecule has 2 aromatic rings. The minimum atomic E-state index is -0.603. The van der Waals surface area contributed by atoms with E-state index in [1.165, 1.54) is 7.11 Å². The molecule has 0 aliphatic rings. The summed E-state index contributed by atoms with van der Waals surface area (Å²) in [6.45, 7) is 5.21. The summed E-state index contributed by atoms with van der Waals surface area (Å²) < 4.78 is 24.7. The number of carbonyl (C=O) groups excluding carboxylic acids is 1. The number of carbonyl (C=O) groups is 1. The number of rotatable bonds is 6. The number of amides is 1. The monoisotopic (exact) mass is 365 g/mol. The first-order chi connectivity index (χ1) is 12.2. The Balaban J connectivity index is 2.19. The van der Waals surface area contributed by atoms with Gasteiger partial charge >= 0.3 is 6.09 Å². The van der Waals surface area contributed by atoms with E-state index in [0.717, 1.165) is 6.20 Å². The molecule has 1 atom stereocenters. The Hall–Kier alpha value is -2.48. The lowest BCUT2D eigenvalue weighted by Crippen LogP contribution is -2.33. The highest BCUT2D eigenvalue weighted by atomic mass is 19.1. The van der Waals surface area contributed by atoms with Gasteiger partial charge < -0.3 is 19.9 Å². The number of fused-ring (bicyclic) bond motifs is 1. The number of hydrogen-bond acceptors (Lipinski definition) is 6. The van der Waals surface area contributed by atoms with Gasteiger partial charge in [0.2, 0.25) is 5.88 Å². The number of aromatic nitrogens is 2. The van der Waals surface area contributed by atoms with E-state index in [1.54, 1.807) is 32.9 Å². The summed E-state index contributed by atoms with van der Waals surface area (Å²) in [5.41, 5.74) is 0.484. The number of aliphatic hydroxyl groups excluding tert-OH is 1. The van der Waals surface area contributed by atoms with E-state index in [1.807, 2.05) is 0 Å². The molecule has 2 N–H and O–H groups in total. The molecule has 1 unspecified atom stereocenters. The number of alkyl carbamates (subject to hydrolysis) is 1. The van der Waals surface area contributed by atoms with Crippen LogP contribution in [0.3, 0.4) is 0 Å². The maximum Gasteiger partial charge on any atom is 0.407 e. The Morgan fingerprint density at radius 2 is 2.12 bits per heavy atom. The van der Waals surface area contributed by atoms with Gasteiger partial charge in [0.05, 0.1) is 30.9 Å². The van der Waals surface area contributed by atoms with Gasteiger partial charge in [0.15, 0.2) is 0 Å². The molecule has 0 saturated heterocycles. The molecule has 142 valence electrons. The molecule has 0 aliphatic heterocycles. The summed E-state index contributed by atoms with van der Waals surface area (Å²) >= 11 is 0. The third-order valence-electron chi connectivity index (χ3n) is 3.68. The van der Waals surface area contributed by atoms with Crippen LogP contribution in [0.25, 0.3) is 11.0 Å². The van der Waals surface area contributed by atoms with Crippen molar-refractivity contribution in [2.45, 2.75) is 38.7 Å². The van der Waals surface area contributed by atoms with E-state index in [9.17, 15) is 14.3 Å². The summed E-state index contributed by atoms with van der Waals surface area (Å²) in [6.07, 6.45) is 0.856. The Labute approximate surface area is 151 Å². The van der Waals surface area contributed by atoms with Crippen molar-refractivity contribution >= 4 is 17.1 Å². The van der Waals surface area contributed by atoms with E-state index in [0.29, 0.717) is 23.3 Å². The average Bonchev–Trinajstić information content (AvgIpc) is 2.57. The highest BCUT2D eigenvalue weighted by Gasteiger charge is 2.22. The van der Waals surface area contributed by atoms with Crippen molar-refractivity contribution in [3.8, 4) is 5.88 Å². The van der Waals surface area contributed by atoms with Crippen LogP contribution in [0.5, 0.6) is 5.88 Å². The molecule has 0 spiro atoms. The van der Waals surface area contributed by atoms with Gasteiger partial charge in [0, 0.05) is 24.1 Å². The van der Waals surface area contributed by atoms with Gasteiger partial charge in [0.25, 0.3) is 0 Å². The second-order valence-corrected chi connectivity index (χ2v) is 6.84. The number of methoxy groups -OCH3 is 1. The molecule has 1 amide bonds. The Morgan fingerprint density at radius 3 is 2.73 bits per heavy atom. The Kier molecular flexibility index (Phi) is 6.31. The van der Waals surface area contributed by atoms with E-state index < -0.39 is 23.4 Å². The molecule has 0 aromatic carbocycles. The fraction of sp³-hybridized carbons (Fsp3) is 0.500. The van der Waals surface area contributed by atoms with Gasteiger partial charge in [-0.25, -0.2) is 14.2 Å². The van der Waals surface area contributed by atoms with Crippen molar-refractivity contribution in [2.75, 3.05) is 20.3 Å². The number of ether oxygens (including phenoxy) is 2. The zero-order valence-corrected chi connectivity index (χ0v) is 15.4. The highest BCUT2D eigenvalue weighted by molar-refractivity contribution is 5.79. The Morgan fingerprint density at radius 1 is 1.38 bits per heavy atom. The van der Waals surface area contributed by atoms with E-state index in [2.05, 4.69) is 15.3 Å². The summed E-state index contributed by atoms with van der Waals surface area (Å²) in [5, 5.41) is 12.4. The van der Waals surface area contributed by atoms with Crippen molar-refractivity contribution in [2.24, 2.45) is 0 Å². The van der Waals surface area contributed by atoms with Crippen molar-refractivity contribution in [3.63, 3.8) is 0 Å². The number of aliphatic hydroxyl groups is 1. The van der Waals surface area contributed by atoms with Crippen LogP contribution in [0.4, 0.5) is 9.18 Å². The predicted octanol–water partition coefficient (Wildman–Crippen LogP) is 2.77. The molecule has 0 fully saturated rings. The molecule has 0 radical (unpaired) electrons. The minimum absolute atomic E-state index is 0.216. The van der Waals surface area contributed by atoms with Crippen LogP contribution in [-0.2, 0) is 4.74 Å². The summed E-state index contributed by atoms with van der Waals surface area (Å²) in [7, 11) is 1.47. The summed E-state index contributed by atoms with van der Waals surface area (Å²) in [4.78, 5) is 20.0. The minimum Gasteiger partial charge on any atom is -0.481 e. The average molecular weight is 365 g/mol. The zero-order chi connectivity index (χ0) is 19.3. The fourth-order valence-corrected chi connectivity index (χ4v) is 2.54. The molecule has 0 saturated carbocycles. The van der Waals surface area contributed by atoms with Crippen LogP contribution in [0.15, 0.2) is 18.3 Å². The standard InChI is InChI=1S/C18H24FN3O4/c1-18(2,3)26-17(24)20-8-7-11(10-23)15-12(19)9-21-13-5-6-14(25-4)22-16(13)15/h5-6,9,11,23H,7-8,10H2,1-4H3,(H,20,24). The van der Waals surface area contributed by atoms with E-state index in [-0.39, 0.29) is 18.7 Å². The van der Waals surface area contributed by atoms with Crippen molar-refractivity contribution < 1.29 is 23.8 Å². The second-order valence-electron chi connectivity index (χ2n) is 6.84. The largest absolute Gasteiger partial charge is 0.481 e. The van der Waals surface area contributed by atoms with Crippen LogP contribution < -0.4 is 10.1 Å². The lowest BCUT2D eigenvalue weighted by atomic mass is 9.95. The van der Waals surface area contributed by atoms with Gasteiger partial charge in [-0.2, -0.15) is 0 Å². The van der Waals surface area contributed by atoms with Gasteiger partial charge in [-0.05, 0) is 33.3 Å². The van der Waals surface area contributed by atoms with Gasteiger partial charge in [-0.3, -0.25) is 4.98 Å². The maximum atomic E-state index is 14.4.